The van der Waals surface area contributed by atoms with Crippen molar-refractivity contribution in [3.05, 3.63) is 51.9 Å². The monoisotopic (exact) mass is 509 g/mol. The number of benzene rings is 1. The molecule has 0 unspecified atom stereocenters. The molecule has 3 N–H and O–H groups in total. The molecule has 198 valence electrons. The molecular weight excluding hydrogens is 474 g/mol. The van der Waals surface area contributed by atoms with Crippen molar-refractivity contribution in [3.63, 3.8) is 0 Å². The van der Waals surface area contributed by atoms with E-state index in [1.165, 1.54) is 6.92 Å². The van der Waals surface area contributed by atoms with E-state index < -0.39 is 18.1 Å². The number of fused-ring (bicyclic) bond motifs is 1. The van der Waals surface area contributed by atoms with Crippen molar-refractivity contribution in [2.45, 2.75) is 58.8 Å². The van der Waals surface area contributed by atoms with Gasteiger partial charge in [-0.15, -0.1) is 0 Å². The van der Waals surface area contributed by atoms with Crippen LogP contribution in [0.2, 0.25) is 0 Å². The molecule has 1 aliphatic rings. The lowest BCUT2D eigenvalue weighted by atomic mass is 9.97. The predicted octanol–water partition coefficient (Wildman–Crippen LogP) is 1.89. The third-order valence-electron chi connectivity index (χ3n) is 7.11. The summed E-state index contributed by atoms with van der Waals surface area (Å²) in [6, 6.07) is 6.59. The summed E-state index contributed by atoms with van der Waals surface area (Å²) in [5.41, 5.74) is 3.92. The number of rotatable bonds is 8. The number of pyridine rings is 1. The van der Waals surface area contributed by atoms with Crippen LogP contribution in [0.1, 0.15) is 37.8 Å². The Labute approximate surface area is 215 Å². The average molecular weight is 510 g/mol. The minimum absolute atomic E-state index is 0.0600. The van der Waals surface area contributed by atoms with Gasteiger partial charge in [0.1, 0.15) is 11.9 Å². The molecule has 1 aliphatic heterocycles. The van der Waals surface area contributed by atoms with Crippen LogP contribution in [0.25, 0.3) is 22.4 Å². The Morgan fingerprint density at radius 1 is 1.27 bits per heavy atom. The number of aliphatic carboxylic acids is 1. The van der Waals surface area contributed by atoms with E-state index in [0.717, 1.165) is 47.4 Å². The van der Waals surface area contributed by atoms with Gasteiger partial charge in [-0.3, -0.25) is 19.7 Å². The van der Waals surface area contributed by atoms with Crippen molar-refractivity contribution in [3.8, 4) is 11.4 Å². The Bertz CT molecular complexity index is 1350. The summed E-state index contributed by atoms with van der Waals surface area (Å²) in [6.07, 6.45) is 2.71. The third kappa shape index (κ3) is 5.75. The number of aromatic nitrogens is 3. The minimum atomic E-state index is -1.11. The molecule has 37 heavy (non-hydrogen) atoms. The van der Waals surface area contributed by atoms with Crippen molar-refractivity contribution in [1.82, 2.24) is 24.3 Å². The van der Waals surface area contributed by atoms with Gasteiger partial charge in [0.2, 0.25) is 5.91 Å². The highest BCUT2D eigenvalue weighted by Gasteiger charge is 2.25. The summed E-state index contributed by atoms with van der Waals surface area (Å²) in [7, 11) is 1.72. The van der Waals surface area contributed by atoms with Crippen molar-refractivity contribution >= 4 is 22.9 Å². The second-order valence-corrected chi connectivity index (χ2v) is 10.1. The molecule has 3 aromatic rings. The first-order valence-corrected chi connectivity index (χ1v) is 12.6. The first-order valence-electron chi connectivity index (χ1n) is 12.6. The number of carbonyl (C=O) groups excluding carboxylic acids is 1. The fourth-order valence-corrected chi connectivity index (χ4v) is 5.14. The van der Waals surface area contributed by atoms with Crippen LogP contribution in [-0.2, 0) is 29.7 Å². The first kappa shape index (κ1) is 26.6. The third-order valence-corrected chi connectivity index (χ3v) is 7.11. The number of piperidine rings is 1. The van der Waals surface area contributed by atoms with Crippen molar-refractivity contribution in [1.29, 1.82) is 0 Å². The number of carbonyl (C=O) groups is 2. The highest BCUT2D eigenvalue weighted by Crippen LogP contribution is 2.29. The highest BCUT2D eigenvalue weighted by atomic mass is 16.4. The molecule has 1 saturated heterocycles. The summed E-state index contributed by atoms with van der Waals surface area (Å²) in [5, 5.41) is 22.0. The van der Waals surface area contributed by atoms with Gasteiger partial charge >= 0.3 is 5.97 Å². The fourth-order valence-electron chi connectivity index (χ4n) is 5.14. The Kier molecular flexibility index (Phi) is 7.79. The van der Waals surface area contributed by atoms with Crippen LogP contribution >= 0.6 is 0 Å². The zero-order valence-electron chi connectivity index (χ0n) is 21.8. The Balaban J connectivity index is 1.73. The van der Waals surface area contributed by atoms with Crippen LogP contribution in [0, 0.1) is 12.8 Å². The molecule has 0 bridgehead atoms. The summed E-state index contributed by atoms with van der Waals surface area (Å²) < 4.78 is 3.72. The van der Waals surface area contributed by atoms with Crippen molar-refractivity contribution < 1.29 is 19.8 Å². The number of hydrogen-bond acceptors (Lipinski definition) is 6. The number of carboxylic acid groups (broad SMARTS) is 1. The summed E-state index contributed by atoms with van der Waals surface area (Å²) in [4.78, 5) is 42.6. The molecule has 4 rings (SSSR count). The quantitative estimate of drug-likeness (QED) is 0.423. The molecule has 3 atom stereocenters. The molecule has 10 nitrogen and oxygen atoms in total. The average Bonchev–Trinajstić information content (AvgIpc) is 3.19. The topological polar surface area (TPSA) is 130 Å². The number of carboxylic acids is 1. The van der Waals surface area contributed by atoms with Gasteiger partial charge in [-0.25, -0.2) is 4.98 Å². The molecule has 0 radical (unpaired) electrons. The first-order chi connectivity index (χ1) is 17.5. The van der Waals surface area contributed by atoms with Crippen LogP contribution < -0.4 is 10.9 Å². The number of amides is 1. The van der Waals surface area contributed by atoms with Gasteiger partial charge in [0, 0.05) is 57.5 Å². The predicted molar refractivity (Wildman–Crippen MR) is 140 cm³/mol. The zero-order chi connectivity index (χ0) is 26.9. The number of aliphatic hydroxyl groups is 1. The van der Waals surface area contributed by atoms with Gasteiger partial charge in [0.15, 0.2) is 0 Å². The summed E-state index contributed by atoms with van der Waals surface area (Å²) in [6.45, 7) is 7.25. The largest absolute Gasteiger partial charge is 0.480 e. The number of aryl methyl sites for hydroxylation is 2. The highest BCUT2D eigenvalue weighted by molar-refractivity contribution is 5.81. The number of nitrogens with one attached hydrogen (secondary N) is 1. The van der Waals surface area contributed by atoms with Crippen LogP contribution in [0.3, 0.4) is 0 Å². The van der Waals surface area contributed by atoms with Crippen molar-refractivity contribution in [2.24, 2.45) is 13.0 Å². The van der Waals surface area contributed by atoms with Crippen molar-refractivity contribution in [2.75, 3.05) is 13.1 Å². The number of imidazole rings is 1. The van der Waals surface area contributed by atoms with Gasteiger partial charge in [-0.1, -0.05) is 6.07 Å². The Morgan fingerprint density at radius 2 is 2.03 bits per heavy atom. The van der Waals surface area contributed by atoms with E-state index in [2.05, 4.69) is 9.88 Å². The maximum Gasteiger partial charge on any atom is 0.323 e. The molecule has 0 saturated carbocycles. The Morgan fingerprint density at radius 3 is 2.68 bits per heavy atom. The molecular formula is C27H35N5O5. The van der Waals surface area contributed by atoms with Crippen LogP contribution in [0.4, 0.5) is 0 Å². The minimum Gasteiger partial charge on any atom is -0.480 e. The molecule has 1 aromatic carbocycles. The second kappa shape index (κ2) is 10.9. The van der Waals surface area contributed by atoms with E-state index in [0.29, 0.717) is 18.7 Å². The van der Waals surface area contributed by atoms with E-state index in [1.807, 2.05) is 29.2 Å². The lowest BCUT2D eigenvalue weighted by molar-refractivity contribution is -0.142. The van der Waals surface area contributed by atoms with E-state index >= 15 is 0 Å². The number of likely N-dealkylation sites (tertiary alicyclic amines) is 1. The fraction of sp³-hybridized carbons (Fsp3) is 0.481. The van der Waals surface area contributed by atoms with Crippen LogP contribution in [0.15, 0.2) is 35.3 Å². The summed E-state index contributed by atoms with van der Waals surface area (Å²) >= 11 is 0. The van der Waals surface area contributed by atoms with E-state index in [9.17, 15) is 24.6 Å². The lowest BCUT2D eigenvalue weighted by Crippen LogP contribution is -2.44. The SMILES string of the molecule is CC(=O)N1CCC[C@@H](Cn2c(-c3cc(C)c(=O)n(C)c3)nc3cc(CN[C@H](C(=O)O)[C@@H](C)O)ccc32)C1. The smallest absolute Gasteiger partial charge is 0.323 e. The van der Waals surface area contributed by atoms with Crippen LogP contribution in [-0.4, -0.2) is 66.3 Å². The van der Waals surface area contributed by atoms with Gasteiger partial charge in [0.25, 0.3) is 5.56 Å². The zero-order valence-corrected chi connectivity index (χ0v) is 21.8. The normalized spacial score (nSPS) is 17.6. The number of aliphatic hydroxyl groups excluding tert-OH is 1. The number of hydrogen-bond donors (Lipinski definition) is 3. The molecule has 1 amide bonds. The van der Waals surface area contributed by atoms with Gasteiger partial charge in [0.05, 0.1) is 17.1 Å². The maximum absolute atomic E-state index is 12.3. The molecule has 3 heterocycles. The molecule has 10 heteroatoms. The van der Waals surface area contributed by atoms with E-state index in [1.54, 1.807) is 31.7 Å². The van der Waals surface area contributed by atoms with E-state index in [-0.39, 0.29) is 23.9 Å². The molecule has 0 aliphatic carbocycles. The standard InChI is InChI=1S/C27H35N5O5/c1-16-10-21(15-30(4)26(16)35)25-29-22-11-19(12-28-24(17(2)33)27(36)37)7-8-23(22)32(25)14-20-6-5-9-31(13-20)18(3)34/h7-8,10-11,15,17,20,24,28,33H,5-6,9,12-14H2,1-4H3,(H,36,37)/t17-,20-,24+/m1/s1. The molecule has 0 spiro atoms. The maximum atomic E-state index is 12.3. The molecule has 2 aromatic heterocycles. The lowest BCUT2D eigenvalue weighted by Gasteiger charge is -2.32. The number of nitrogens with zero attached hydrogens (tertiary/aromatic N) is 4. The van der Waals surface area contributed by atoms with E-state index in [4.69, 9.17) is 4.98 Å². The van der Waals surface area contributed by atoms with Gasteiger partial charge in [-0.2, -0.15) is 0 Å². The van der Waals surface area contributed by atoms with Crippen LogP contribution in [0.5, 0.6) is 0 Å². The Hall–Kier alpha value is -3.50. The van der Waals surface area contributed by atoms with Gasteiger partial charge < -0.3 is 24.2 Å². The molecule has 1 fully saturated rings. The summed E-state index contributed by atoms with van der Waals surface area (Å²) in [5.74, 6) is -0.0137. The van der Waals surface area contributed by atoms with Gasteiger partial charge in [-0.05, 0) is 56.4 Å². The second-order valence-electron chi connectivity index (χ2n) is 10.1.